The molecule has 2 aromatic rings. The van der Waals surface area contributed by atoms with E-state index >= 15 is 0 Å². The van der Waals surface area contributed by atoms with E-state index in [1.807, 2.05) is 11.8 Å². The van der Waals surface area contributed by atoms with E-state index in [-0.39, 0.29) is 0 Å². The van der Waals surface area contributed by atoms with Crippen molar-refractivity contribution in [2.75, 3.05) is 6.54 Å². The van der Waals surface area contributed by atoms with Gasteiger partial charge in [-0.1, -0.05) is 52.8 Å². The molecular weight excluding hydrogens is 330 g/mol. The predicted molar refractivity (Wildman–Crippen MR) is 91.4 cm³/mol. The van der Waals surface area contributed by atoms with Gasteiger partial charge in [0.05, 0.1) is 0 Å². The highest BCUT2D eigenvalue weighted by atomic mass is 79.9. The molecule has 1 atom stereocenters. The van der Waals surface area contributed by atoms with Crippen LogP contribution in [0.5, 0.6) is 0 Å². The molecule has 2 rings (SSSR count). The summed E-state index contributed by atoms with van der Waals surface area (Å²) in [6.07, 6.45) is 1.16. The van der Waals surface area contributed by atoms with Crippen molar-refractivity contribution in [3.63, 3.8) is 0 Å². The van der Waals surface area contributed by atoms with Gasteiger partial charge >= 0.3 is 0 Å². The molecule has 106 valence electrons. The summed E-state index contributed by atoms with van der Waals surface area (Å²) in [6.45, 7) is 5.48. The van der Waals surface area contributed by atoms with Crippen molar-refractivity contribution in [2.24, 2.45) is 0 Å². The van der Waals surface area contributed by atoms with E-state index in [1.54, 1.807) is 0 Å². The van der Waals surface area contributed by atoms with Gasteiger partial charge in [-0.15, -0.1) is 0 Å². The highest BCUT2D eigenvalue weighted by Gasteiger charge is 2.10. The predicted octanol–water partition coefficient (Wildman–Crippen LogP) is 5.66. The fourth-order valence-corrected chi connectivity index (χ4v) is 3.33. The summed E-state index contributed by atoms with van der Waals surface area (Å²) < 4.78 is 1.12. The lowest BCUT2D eigenvalue weighted by Crippen LogP contribution is -2.19. The summed E-state index contributed by atoms with van der Waals surface area (Å²) >= 11 is 5.30. The Hall–Kier alpha value is -0.770. The van der Waals surface area contributed by atoms with Crippen LogP contribution >= 0.6 is 27.7 Å². The molecule has 0 fully saturated rings. The number of nitrogens with one attached hydrogen (secondary N) is 1. The molecule has 0 aliphatic carbocycles. The summed E-state index contributed by atoms with van der Waals surface area (Å²) in [6, 6.07) is 17.5. The first-order chi connectivity index (χ1) is 9.70. The second-order valence-corrected chi connectivity index (χ2v) is 6.80. The molecule has 0 heterocycles. The molecule has 1 N–H and O–H groups in total. The lowest BCUT2D eigenvalue weighted by molar-refractivity contribution is 0.564. The highest BCUT2D eigenvalue weighted by Crippen LogP contribution is 2.33. The van der Waals surface area contributed by atoms with Crippen LogP contribution in [0.4, 0.5) is 0 Å². The molecule has 0 saturated carbocycles. The van der Waals surface area contributed by atoms with Crippen LogP contribution in [0, 0.1) is 0 Å². The first kappa shape index (κ1) is 15.6. The Bertz CT molecular complexity index is 539. The van der Waals surface area contributed by atoms with Crippen LogP contribution in [0.25, 0.3) is 0 Å². The first-order valence-corrected chi connectivity index (χ1v) is 8.57. The molecule has 0 spiro atoms. The molecule has 0 amide bonds. The third-order valence-electron chi connectivity index (χ3n) is 3.13. The van der Waals surface area contributed by atoms with Gasteiger partial charge in [0.2, 0.25) is 0 Å². The van der Waals surface area contributed by atoms with Crippen LogP contribution in [-0.4, -0.2) is 6.54 Å². The molecule has 1 unspecified atom stereocenters. The van der Waals surface area contributed by atoms with E-state index < -0.39 is 0 Å². The highest BCUT2D eigenvalue weighted by molar-refractivity contribution is 9.10. The average molecular weight is 350 g/mol. The van der Waals surface area contributed by atoms with E-state index in [1.165, 1.54) is 15.4 Å². The van der Waals surface area contributed by atoms with Crippen LogP contribution in [0.3, 0.4) is 0 Å². The van der Waals surface area contributed by atoms with Gasteiger partial charge < -0.3 is 5.32 Å². The fourth-order valence-electron chi connectivity index (χ4n) is 2.03. The van der Waals surface area contributed by atoms with Crippen LogP contribution in [0.1, 0.15) is 31.9 Å². The van der Waals surface area contributed by atoms with Crippen molar-refractivity contribution in [1.82, 2.24) is 5.32 Å². The van der Waals surface area contributed by atoms with Gasteiger partial charge in [0, 0.05) is 20.3 Å². The van der Waals surface area contributed by atoms with E-state index in [0.29, 0.717) is 6.04 Å². The van der Waals surface area contributed by atoms with Crippen molar-refractivity contribution >= 4 is 27.7 Å². The molecule has 0 aliphatic heterocycles. The molecule has 0 saturated heterocycles. The monoisotopic (exact) mass is 349 g/mol. The van der Waals surface area contributed by atoms with Gasteiger partial charge in [0.15, 0.2) is 0 Å². The van der Waals surface area contributed by atoms with Crippen LogP contribution in [0.2, 0.25) is 0 Å². The van der Waals surface area contributed by atoms with E-state index in [9.17, 15) is 0 Å². The van der Waals surface area contributed by atoms with Gasteiger partial charge in [-0.25, -0.2) is 0 Å². The lowest BCUT2D eigenvalue weighted by atomic mass is 10.1. The van der Waals surface area contributed by atoms with Crippen molar-refractivity contribution in [3.8, 4) is 0 Å². The second kappa shape index (κ2) is 7.87. The van der Waals surface area contributed by atoms with Crippen molar-refractivity contribution in [3.05, 3.63) is 58.6 Å². The van der Waals surface area contributed by atoms with Gasteiger partial charge in [0.1, 0.15) is 0 Å². The molecule has 0 radical (unpaired) electrons. The van der Waals surface area contributed by atoms with E-state index in [4.69, 9.17) is 0 Å². The van der Waals surface area contributed by atoms with Gasteiger partial charge in [-0.05, 0) is 55.8 Å². The van der Waals surface area contributed by atoms with Gasteiger partial charge in [0.25, 0.3) is 0 Å². The number of hydrogen-bond acceptors (Lipinski definition) is 2. The molecule has 1 nitrogen and oxygen atoms in total. The van der Waals surface area contributed by atoms with Gasteiger partial charge in [-0.2, -0.15) is 0 Å². The topological polar surface area (TPSA) is 12.0 Å². The lowest BCUT2D eigenvalue weighted by Gasteiger charge is -2.17. The number of halogens is 1. The minimum Gasteiger partial charge on any atom is -0.310 e. The number of rotatable bonds is 6. The minimum absolute atomic E-state index is 0.383. The van der Waals surface area contributed by atoms with Crippen LogP contribution in [-0.2, 0) is 0 Å². The molecule has 0 aliphatic rings. The first-order valence-electron chi connectivity index (χ1n) is 6.96. The standard InChI is InChI=1S/C17H20BrNS/c1-3-12-19-13(2)16-6-4-5-7-17(16)20-15-10-8-14(18)9-11-15/h4-11,13,19H,3,12H2,1-2H3. The van der Waals surface area contributed by atoms with Crippen molar-refractivity contribution in [1.29, 1.82) is 0 Å². The van der Waals surface area contributed by atoms with Gasteiger partial charge in [-0.3, -0.25) is 0 Å². The van der Waals surface area contributed by atoms with E-state index in [2.05, 4.69) is 83.6 Å². The molecule has 0 bridgehead atoms. The summed E-state index contributed by atoms with van der Waals surface area (Å²) in [5, 5.41) is 3.56. The quantitative estimate of drug-likeness (QED) is 0.721. The largest absolute Gasteiger partial charge is 0.310 e. The maximum atomic E-state index is 3.56. The maximum absolute atomic E-state index is 3.56. The summed E-state index contributed by atoms with van der Waals surface area (Å²) in [5.41, 5.74) is 1.37. The van der Waals surface area contributed by atoms with Crippen LogP contribution < -0.4 is 5.32 Å². The van der Waals surface area contributed by atoms with Crippen molar-refractivity contribution in [2.45, 2.75) is 36.1 Å². The maximum Gasteiger partial charge on any atom is 0.0303 e. The SMILES string of the molecule is CCCNC(C)c1ccccc1Sc1ccc(Br)cc1. The zero-order valence-electron chi connectivity index (χ0n) is 11.9. The Morgan fingerprint density at radius 2 is 1.80 bits per heavy atom. The third kappa shape index (κ3) is 4.37. The number of benzene rings is 2. The fraction of sp³-hybridized carbons (Fsp3) is 0.294. The molecular formula is C17H20BrNS. The normalized spacial score (nSPS) is 12.3. The Morgan fingerprint density at radius 1 is 1.10 bits per heavy atom. The summed E-state index contributed by atoms with van der Waals surface area (Å²) in [7, 11) is 0. The molecule has 2 aromatic carbocycles. The minimum atomic E-state index is 0.383. The molecule has 0 aromatic heterocycles. The number of hydrogen-bond donors (Lipinski definition) is 1. The Kier molecular flexibility index (Phi) is 6.14. The smallest absolute Gasteiger partial charge is 0.0303 e. The molecule has 3 heteroatoms. The summed E-state index contributed by atoms with van der Waals surface area (Å²) in [5.74, 6) is 0. The Balaban J connectivity index is 2.17. The molecule has 20 heavy (non-hydrogen) atoms. The van der Waals surface area contributed by atoms with Crippen molar-refractivity contribution < 1.29 is 0 Å². The average Bonchev–Trinajstić information content (AvgIpc) is 2.48. The Morgan fingerprint density at radius 3 is 2.50 bits per heavy atom. The third-order valence-corrected chi connectivity index (χ3v) is 4.76. The van der Waals surface area contributed by atoms with E-state index in [0.717, 1.165) is 17.4 Å². The summed E-state index contributed by atoms with van der Waals surface area (Å²) in [4.78, 5) is 2.59. The zero-order chi connectivity index (χ0) is 14.4. The van der Waals surface area contributed by atoms with Crippen LogP contribution in [0.15, 0.2) is 62.8 Å². The Labute approximate surface area is 134 Å². The second-order valence-electron chi connectivity index (χ2n) is 4.77. The zero-order valence-corrected chi connectivity index (χ0v) is 14.3.